The Kier molecular flexibility index (Phi) is 5.55. The zero-order chi connectivity index (χ0) is 19.3. The van der Waals surface area contributed by atoms with Crippen LogP contribution in [0.15, 0.2) is 66.9 Å². The molecule has 6 heteroatoms. The van der Waals surface area contributed by atoms with Gasteiger partial charge in [-0.1, -0.05) is 23.7 Å². The molecule has 2 N–H and O–H groups in total. The van der Waals surface area contributed by atoms with Crippen LogP contribution in [0.4, 0.5) is 11.4 Å². The van der Waals surface area contributed by atoms with Gasteiger partial charge in [0.05, 0.1) is 10.7 Å². The largest absolute Gasteiger partial charge is 0.369 e. The molecule has 5 nitrogen and oxygen atoms in total. The zero-order valence-electron chi connectivity index (χ0n) is 15.4. The molecule has 3 aromatic rings. The molecular formula is C22H21ClN4O. The quantitative estimate of drug-likeness (QED) is 0.702. The summed E-state index contributed by atoms with van der Waals surface area (Å²) in [5.41, 5.74) is 4.13. The van der Waals surface area contributed by atoms with Crippen LogP contribution < -0.4 is 15.5 Å². The Morgan fingerprint density at radius 2 is 1.71 bits per heavy atom. The first-order valence-corrected chi connectivity index (χ1v) is 9.66. The predicted octanol–water partition coefficient (Wildman–Crippen LogP) is 4.06. The maximum atomic E-state index is 12.5. The van der Waals surface area contributed by atoms with Crippen LogP contribution in [-0.4, -0.2) is 37.1 Å². The molecule has 4 rings (SSSR count). The second kappa shape index (κ2) is 8.42. The minimum absolute atomic E-state index is 0.145. The van der Waals surface area contributed by atoms with Crippen molar-refractivity contribution in [2.24, 2.45) is 0 Å². The molecule has 1 aromatic heterocycles. The molecule has 0 unspecified atom stereocenters. The summed E-state index contributed by atoms with van der Waals surface area (Å²) in [5, 5.41) is 6.88. The van der Waals surface area contributed by atoms with Crippen molar-refractivity contribution in [1.29, 1.82) is 0 Å². The average molecular weight is 393 g/mol. The number of benzene rings is 2. The third kappa shape index (κ3) is 4.16. The molecule has 0 radical (unpaired) electrons. The highest BCUT2D eigenvalue weighted by molar-refractivity contribution is 6.33. The number of piperazine rings is 1. The van der Waals surface area contributed by atoms with Crippen LogP contribution in [0, 0.1) is 0 Å². The average Bonchev–Trinajstić information content (AvgIpc) is 2.75. The fourth-order valence-corrected chi connectivity index (χ4v) is 3.49. The van der Waals surface area contributed by atoms with Crippen LogP contribution in [0.1, 0.15) is 10.4 Å². The third-order valence-electron chi connectivity index (χ3n) is 4.79. The van der Waals surface area contributed by atoms with Crippen molar-refractivity contribution >= 4 is 28.9 Å². The molecule has 1 amide bonds. The smallest absolute Gasteiger partial charge is 0.255 e. The number of hydrogen-bond acceptors (Lipinski definition) is 4. The van der Waals surface area contributed by atoms with Crippen molar-refractivity contribution in [3.8, 4) is 11.3 Å². The highest BCUT2D eigenvalue weighted by Crippen LogP contribution is 2.25. The number of nitrogens with zero attached hydrogens (tertiary/aromatic N) is 2. The Balaban J connectivity index is 1.43. The van der Waals surface area contributed by atoms with Gasteiger partial charge in [-0.25, -0.2) is 0 Å². The molecule has 1 fully saturated rings. The van der Waals surface area contributed by atoms with Gasteiger partial charge in [-0.3, -0.25) is 9.78 Å². The Bertz CT molecular complexity index is 951. The number of nitrogens with one attached hydrogen (secondary N) is 2. The zero-order valence-corrected chi connectivity index (χ0v) is 16.1. The van der Waals surface area contributed by atoms with Gasteiger partial charge in [0.25, 0.3) is 5.91 Å². The standard InChI is InChI=1S/C22H21ClN4O/c23-20-2-1-11-25-21(20)16-3-5-17(6-4-16)22(28)26-18-7-9-19(10-8-18)27-14-12-24-13-15-27/h1-11,24H,12-15H2,(H,26,28). The van der Waals surface area contributed by atoms with Gasteiger partial charge >= 0.3 is 0 Å². The second-order valence-electron chi connectivity index (χ2n) is 6.65. The highest BCUT2D eigenvalue weighted by Gasteiger charge is 2.11. The molecule has 2 aromatic carbocycles. The Morgan fingerprint density at radius 3 is 2.39 bits per heavy atom. The van der Waals surface area contributed by atoms with Crippen LogP contribution in [0.5, 0.6) is 0 Å². The van der Waals surface area contributed by atoms with E-state index in [0.717, 1.165) is 37.4 Å². The van der Waals surface area contributed by atoms with Gasteiger partial charge in [0, 0.05) is 54.9 Å². The molecule has 28 heavy (non-hydrogen) atoms. The monoisotopic (exact) mass is 392 g/mol. The summed E-state index contributed by atoms with van der Waals surface area (Å²) in [6.45, 7) is 3.99. The van der Waals surface area contributed by atoms with E-state index in [0.29, 0.717) is 16.3 Å². The molecule has 0 aliphatic carbocycles. The van der Waals surface area contributed by atoms with Crippen molar-refractivity contribution in [3.63, 3.8) is 0 Å². The van der Waals surface area contributed by atoms with Crippen molar-refractivity contribution in [1.82, 2.24) is 10.3 Å². The van der Waals surface area contributed by atoms with Gasteiger partial charge in [0.2, 0.25) is 0 Å². The number of pyridine rings is 1. The van der Waals surface area contributed by atoms with E-state index in [9.17, 15) is 4.79 Å². The summed E-state index contributed by atoms with van der Waals surface area (Å²) < 4.78 is 0. The van der Waals surface area contributed by atoms with E-state index < -0.39 is 0 Å². The van der Waals surface area contributed by atoms with Crippen LogP contribution in [-0.2, 0) is 0 Å². The summed E-state index contributed by atoms with van der Waals surface area (Å²) in [5.74, 6) is -0.145. The lowest BCUT2D eigenvalue weighted by Crippen LogP contribution is -2.43. The third-order valence-corrected chi connectivity index (χ3v) is 5.09. The summed E-state index contributed by atoms with van der Waals surface area (Å²) in [6.07, 6.45) is 1.70. The lowest BCUT2D eigenvalue weighted by Gasteiger charge is -2.29. The number of amides is 1. The minimum Gasteiger partial charge on any atom is -0.369 e. The Hall–Kier alpha value is -2.89. The van der Waals surface area contributed by atoms with Gasteiger partial charge in [0.1, 0.15) is 0 Å². The lowest BCUT2D eigenvalue weighted by molar-refractivity contribution is 0.102. The van der Waals surface area contributed by atoms with Gasteiger partial charge in [-0.15, -0.1) is 0 Å². The number of aromatic nitrogens is 1. The predicted molar refractivity (Wildman–Crippen MR) is 114 cm³/mol. The van der Waals surface area contributed by atoms with Crippen LogP contribution >= 0.6 is 11.6 Å². The molecule has 0 spiro atoms. The molecule has 0 saturated carbocycles. The maximum Gasteiger partial charge on any atom is 0.255 e. The summed E-state index contributed by atoms with van der Waals surface area (Å²) in [6, 6.07) is 18.9. The number of carbonyl (C=O) groups excluding carboxylic acids is 1. The van der Waals surface area contributed by atoms with Gasteiger partial charge < -0.3 is 15.5 Å². The van der Waals surface area contributed by atoms with Crippen LogP contribution in [0.25, 0.3) is 11.3 Å². The van der Waals surface area contributed by atoms with E-state index in [1.165, 1.54) is 5.69 Å². The van der Waals surface area contributed by atoms with E-state index in [4.69, 9.17) is 11.6 Å². The molecule has 2 heterocycles. The first-order chi connectivity index (χ1) is 13.7. The van der Waals surface area contributed by atoms with Gasteiger partial charge in [0.15, 0.2) is 0 Å². The van der Waals surface area contributed by atoms with E-state index in [1.54, 1.807) is 30.5 Å². The fourth-order valence-electron chi connectivity index (χ4n) is 3.26. The Morgan fingerprint density at radius 1 is 1.00 bits per heavy atom. The number of rotatable bonds is 4. The lowest BCUT2D eigenvalue weighted by atomic mass is 10.1. The molecule has 0 bridgehead atoms. The van der Waals surface area contributed by atoms with E-state index in [1.807, 2.05) is 36.4 Å². The first kappa shape index (κ1) is 18.5. The van der Waals surface area contributed by atoms with Gasteiger partial charge in [-0.2, -0.15) is 0 Å². The molecule has 142 valence electrons. The van der Waals surface area contributed by atoms with Gasteiger partial charge in [-0.05, 0) is 48.5 Å². The first-order valence-electron chi connectivity index (χ1n) is 9.29. The van der Waals surface area contributed by atoms with Crippen molar-refractivity contribution in [3.05, 3.63) is 77.4 Å². The maximum absolute atomic E-state index is 12.5. The molecule has 1 saturated heterocycles. The normalized spacial score (nSPS) is 14.0. The minimum atomic E-state index is -0.145. The summed E-state index contributed by atoms with van der Waals surface area (Å²) in [4.78, 5) is 19.2. The van der Waals surface area contributed by atoms with E-state index in [2.05, 4.69) is 20.5 Å². The number of hydrogen-bond donors (Lipinski definition) is 2. The van der Waals surface area contributed by atoms with E-state index >= 15 is 0 Å². The fraction of sp³-hybridized carbons (Fsp3) is 0.182. The summed E-state index contributed by atoms with van der Waals surface area (Å²) >= 11 is 6.19. The number of anilines is 2. The molecule has 1 aliphatic heterocycles. The molecular weight excluding hydrogens is 372 g/mol. The number of halogens is 1. The molecule has 0 atom stereocenters. The Labute approximate surface area is 169 Å². The van der Waals surface area contributed by atoms with Crippen LogP contribution in [0.3, 0.4) is 0 Å². The second-order valence-corrected chi connectivity index (χ2v) is 7.06. The summed E-state index contributed by atoms with van der Waals surface area (Å²) in [7, 11) is 0. The molecule has 1 aliphatic rings. The highest BCUT2D eigenvalue weighted by atomic mass is 35.5. The topological polar surface area (TPSA) is 57.3 Å². The van der Waals surface area contributed by atoms with Crippen LogP contribution in [0.2, 0.25) is 5.02 Å². The van der Waals surface area contributed by atoms with Crippen molar-refractivity contribution in [2.75, 3.05) is 36.4 Å². The SMILES string of the molecule is O=C(Nc1ccc(N2CCNCC2)cc1)c1ccc(-c2ncccc2Cl)cc1. The van der Waals surface area contributed by atoms with Crippen molar-refractivity contribution in [2.45, 2.75) is 0 Å². The van der Waals surface area contributed by atoms with Crippen molar-refractivity contribution < 1.29 is 4.79 Å². The van der Waals surface area contributed by atoms with E-state index in [-0.39, 0.29) is 5.91 Å². The number of carbonyl (C=O) groups is 1.